The van der Waals surface area contributed by atoms with E-state index in [2.05, 4.69) is 15.3 Å². The molecule has 94 valence electrons. The lowest BCUT2D eigenvalue weighted by molar-refractivity contribution is 0.148. The molecule has 0 radical (unpaired) electrons. The lowest BCUT2D eigenvalue weighted by atomic mass is 10.2. The third-order valence-corrected chi connectivity index (χ3v) is 2.26. The second kappa shape index (κ2) is 5.39. The smallest absolute Gasteiger partial charge is 0.267 e. The second-order valence-electron chi connectivity index (χ2n) is 3.40. The van der Waals surface area contributed by atoms with Crippen LogP contribution >= 0.6 is 0 Å². The van der Waals surface area contributed by atoms with Crippen molar-refractivity contribution >= 4 is 5.82 Å². The molecule has 0 amide bonds. The monoisotopic (exact) mass is 251 g/mol. The predicted molar refractivity (Wildman–Crippen MR) is 63.1 cm³/mol. The number of nitrogens with one attached hydrogen (secondary N) is 1. The van der Waals surface area contributed by atoms with Crippen molar-refractivity contribution in [1.29, 1.82) is 0 Å². The number of nitrogens with zero attached hydrogens (tertiary/aromatic N) is 2. The van der Waals surface area contributed by atoms with Gasteiger partial charge in [0.1, 0.15) is 5.75 Å². The number of anilines is 1. The van der Waals surface area contributed by atoms with Gasteiger partial charge in [0.25, 0.3) is 12.3 Å². The van der Waals surface area contributed by atoms with E-state index in [-0.39, 0.29) is 17.2 Å². The normalized spacial score (nSPS) is 10.4. The second-order valence-corrected chi connectivity index (χ2v) is 3.40. The minimum Gasteiger partial charge on any atom is -0.435 e. The Morgan fingerprint density at radius 2 is 1.89 bits per heavy atom. The van der Waals surface area contributed by atoms with Gasteiger partial charge in [0.05, 0.1) is 5.56 Å². The van der Waals surface area contributed by atoms with Gasteiger partial charge in [0.2, 0.25) is 0 Å². The highest BCUT2D eigenvalue weighted by Gasteiger charge is 2.15. The molecule has 1 N–H and O–H groups in total. The van der Waals surface area contributed by atoms with Crippen LogP contribution < -0.4 is 10.1 Å². The maximum atomic E-state index is 12.8. The van der Waals surface area contributed by atoms with Gasteiger partial charge >= 0.3 is 0 Å². The van der Waals surface area contributed by atoms with E-state index < -0.39 is 6.43 Å². The zero-order valence-electron chi connectivity index (χ0n) is 9.60. The summed E-state index contributed by atoms with van der Waals surface area (Å²) in [6.07, 6.45) is 0.315. The maximum absolute atomic E-state index is 12.8. The SMILES string of the molecule is CNc1nccnc1Oc1ccccc1C(F)F. The first kappa shape index (κ1) is 12.2. The Morgan fingerprint density at radius 3 is 2.61 bits per heavy atom. The number of para-hydroxylation sites is 1. The number of hydrogen-bond donors (Lipinski definition) is 1. The van der Waals surface area contributed by atoms with Gasteiger partial charge in [-0.15, -0.1) is 0 Å². The molecule has 0 atom stereocenters. The minimum atomic E-state index is -2.60. The summed E-state index contributed by atoms with van der Waals surface area (Å²) in [4.78, 5) is 7.93. The first-order valence-electron chi connectivity index (χ1n) is 5.26. The first-order chi connectivity index (χ1) is 8.72. The van der Waals surface area contributed by atoms with Crippen LogP contribution in [-0.2, 0) is 0 Å². The quantitative estimate of drug-likeness (QED) is 0.906. The number of halogens is 2. The number of hydrogen-bond acceptors (Lipinski definition) is 4. The molecule has 1 aromatic heterocycles. The molecule has 0 spiro atoms. The summed E-state index contributed by atoms with van der Waals surface area (Å²) >= 11 is 0. The average molecular weight is 251 g/mol. The van der Waals surface area contributed by atoms with Crippen molar-refractivity contribution in [1.82, 2.24) is 9.97 Å². The van der Waals surface area contributed by atoms with Crippen molar-refractivity contribution in [2.75, 3.05) is 12.4 Å². The minimum absolute atomic E-state index is 0.0736. The summed E-state index contributed by atoms with van der Waals surface area (Å²) < 4.78 is 30.9. The molecule has 2 rings (SSSR count). The van der Waals surface area contributed by atoms with Crippen molar-refractivity contribution in [3.05, 3.63) is 42.2 Å². The molecule has 0 fully saturated rings. The van der Waals surface area contributed by atoms with Crippen LogP contribution in [0.5, 0.6) is 11.6 Å². The Labute approximate surface area is 103 Å². The molecule has 1 aromatic carbocycles. The van der Waals surface area contributed by atoms with E-state index in [9.17, 15) is 8.78 Å². The summed E-state index contributed by atoms with van der Waals surface area (Å²) in [5.74, 6) is 0.624. The number of rotatable bonds is 4. The summed E-state index contributed by atoms with van der Waals surface area (Å²) in [6.45, 7) is 0. The molecule has 4 nitrogen and oxygen atoms in total. The predicted octanol–water partition coefficient (Wildman–Crippen LogP) is 3.25. The van der Waals surface area contributed by atoms with E-state index in [1.165, 1.54) is 30.6 Å². The molecule has 0 bridgehead atoms. The first-order valence-corrected chi connectivity index (χ1v) is 5.26. The summed E-state index contributed by atoms with van der Waals surface area (Å²) in [5, 5.41) is 2.78. The zero-order valence-corrected chi connectivity index (χ0v) is 9.60. The van der Waals surface area contributed by atoms with Gasteiger partial charge < -0.3 is 10.1 Å². The number of aromatic nitrogens is 2. The van der Waals surface area contributed by atoms with E-state index in [1.54, 1.807) is 13.1 Å². The zero-order chi connectivity index (χ0) is 13.0. The van der Waals surface area contributed by atoms with Gasteiger partial charge in [-0.2, -0.15) is 0 Å². The molecule has 6 heteroatoms. The van der Waals surface area contributed by atoms with Gasteiger partial charge in [0.15, 0.2) is 5.82 Å². The van der Waals surface area contributed by atoms with Gasteiger partial charge in [-0.1, -0.05) is 12.1 Å². The molecule has 18 heavy (non-hydrogen) atoms. The van der Waals surface area contributed by atoms with E-state index in [4.69, 9.17) is 4.74 Å². The van der Waals surface area contributed by atoms with Crippen LogP contribution in [0.4, 0.5) is 14.6 Å². The Morgan fingerprint density at radius 1 is 1.17 bits per heavy atom. The van der Waals surface area contributed by atoms with Gasteiger partial charge in [-0.05, 0) is 12.1 Å². The number of alkyl halides is 2. The summed E-state index contributed by atoms with van der Waals surface area (Å²) in [6, 6.07) is 5.94. The standard InChI is InChI=1S/C12H11F2N3O/c1-15-11-12(17-7-6-16-11)18-9-5-3-2-4-8(9)10(13)14/h2-7,10H,1H3,(H,15,16). The molecular weight excluding hydrogens is 240 g/mol. The summed E-state index contributed by atoms with van der Waals surface area (Å²) in [7, 11) is 1.65. The van der Waals surface area contributed by atoms with Crippen molar-refractivity contribution in [2.45, 2.75) is 6.43 Å². The highest BCUT2D eigenvalue weighted by Crippen LogP contribution is 2.33. The Balaban J connectivity index is 2.34. The lowest BCUT2D eigenvalue weighted by Gasteiger charge is -2.11. The molecular formula is C12H11F2N3O. The lowest BCUT2D eigenvalue weighted by Crippen LogP contribution is -1.99. The van der Waals surface area contributed by atoms with Crippen LogP contribution in [-0.4, -0.2) is 17.0 Å². The van der Waals surface area contributed by atoms with Crippen molar-refractivity contribution in [3.63, 3.8) is 0 Å². The molecule has 0 aliphatic carbocycles. The van der Waals surface area contributed by atoms with Gasteiger partial charge in [-0.3, -0.25) is 0 Å². The molecule has 0 aliphatic rings. The van der Waals surface area contributed by atoms with Crippen LogP contribution in [0.1, 0.15) is 12.0 Å². The molecule has 0 saturated heterocycles. The van der Waals surface area contributed by atoms with Crippen LogP contribution in [0.3, 0.4) is 0 Å². The number of benzene rings is 1. The fourth-order valence-corrected chi connectivity index (χ4v) is 1.43. The number of ether oxygens (including phenoxy) is 1. The van der Waals surface area contributed by atoms with E-state index in [0.29, 0.717) is 5.82 Å². The van der Waals surface area contributed by atoms with Crippen molar-refractivity contribution in [3.8, 4) is 11.6 Å². The molecule has 0 aliphatic heterocycles. The van der Waals surface area contributed by atoms with Crippen LogP contribution in [0, 0.1) is 0 Å². The molecule has 2 aromatic rings. The highest BCUT2D eigenvalue weighted by atomic mass is 19.3. The molecule has 1 heterocycles. The average Bonchev–Trinajstić information content (AvgIpc) is 2.40. The summed E-state index contributed by atoms with van der Waals surface area (Å²) in [5.41, 5.74) is -0.176. The van der Waals surface area contributed by atoms with Crippen LogP contribution in [0.25, 0.3) is 0 Å². The van der Waals surface area contributed by atoms with E-state index in [1.807, 2.05) is 0 Å². The molecule has 0 unspecified atom stereocenters. The van der Waals surface area contributed by atoms with E-state index in [0.717, 1.165) is 0 Å². The highest BCUT2D eigenvalue weighted by molar-refractivity contribution is 5.47. The van der Waals surface area contributed by atoms with Gasteiger partial charge in [-0.25, -0.2) is 18.7 Å². The Kier molecular flexibility index (Phi) is 3.66. The largest absolute Gasteiger partial charge is 0.435 e. The van der Waals surface area contributed by atoms with E-state index >= 15 is 0 Å². The van der Waals surface area contributed by atoms with Crippen LogP contribution in [0.15, 0.2) is 36.7 Å². The maximum Gasteiger partial charge on any atom is 0.267 e. The third kappa shape index (κ3) is 2.53. The van der Waals surface area contributed by atoms with Crippen LogP contribution in [0.2, 0.25) is 0 Å². The topological polar surface area (TPSA) is 47.0 Å². The van der Waals surface area contributed by atoms with Crippen molar-refractivity contribution < 1.29 is 13.5 Å². The molecule has 0 saturated carbocycles. The third-order valence-electron chi connectivity index (χ3n) is 2.26. The van der Waals surface area contributed by atoms with Gasteiger partial charge in [0, 0.05) is 19.4 Å². The van der Waals surface area contributed by atoms with Crippen molar-refractivity contribution in [2.24, 2.45) is 0 Å². The Hall–Kier alpha value is -2.24. The Bertz CT molecular complexity index is 534. The fraction of sp³-hybridized carbons (Fsp3) is 0.167. The fourth-order valence-electron chi connectivity index (χ4n) is 1.43.